The van der Waals surface area contributed by atoms with Crippen molar-refractivity contribution < 1.29 is 19.2 Å². The third-order valence-electron chi connectivity index (χ3n) is 5.80. The highest BCUT2D eigenvalue weighted by Crippen LogP contribution is 2.29. The zero-order valence-corrected chi connectivity index (χ0v) is 21.1. The van der Waals surface area contributed by atoms with Crippen molar-refractivity contribution in [2.24, 2.45) is 5.10 Å². The van der Waals surface area contributed by atoms with E-state index in [1.165, 1.54) is 37.2 Å². The van der Waals surface area contributed by atoms with E-state index < -0.39 is 0 Å². The lowest BCUT2D eigenvalue weighted by Crippen LogP contribution is -2.43. The summed E-state index contributed by atoms with van der Waals surface area (Å²) in [4.78, 5) is 12.5. The Labute approximate surface area is 213 Å². The zero-order chi connectivity index (χ0) is 24.6. The molecule has 10 heteroatoms. The third-order valence-corrected chi connectivity index (χ3v) is 7.00. The number of nitrogens with zero attached hydrogens (tertiary/aromatic N) is 3. The van der Waals surface area contributed by atoms with Crippen molar-refractivity contribution in [3.63, 3.8) is 0 Å². The van der Waals surface area contributed by atoms with Crippen LogP contribution in [0.4, 0.5) is 0 Å². The van der Waals surface area contributed by atoms with Crippen LogP contribution in [-0.4, -0.2) is 34.7 Å². The number of hydrogen-bond donors (Lipinski definition) is 2. The van der Waals surface area contributed by atoms with Crippen molar-refractivity contribution in [2.45, 2.75) is 50.2 Å². The van der Waals surface area contributed by atoms with Crippen molar-refractivity contribution in [3.05, 3.63) is 53.1 Å². The highest BCUT2D eigenvalue weighted by Gasteiger charge is 2.30. The number of carbonyl (C=O) groups excluding carboxylic acids is 1. The number of H-pyrrole nitrogens is 1. The summed E-state index contributed by atoms with van der Waals surface area (Å²) in [5.41, 5.74) is 3.83. The fraction of sp³-hybridized carbons (Fsp3) is 0.360. The number of rotatable bonds is 9. The fourth-order valence-electron chi connectivity index (χ4n) is 4.14. The van der Waals surface area contributed by atoms with Gasteiger partial charge in [0.15, 0.2) is 0 Å². The van der Waals surface area contributed by atoms with Crippen molar-refractivity contribution in [2.75, 3.05) is 12.4 Å². The Morgan fingerprint density at radius 3 is 2.80 bits per heavy atom. The first-order chi connectivity index (χ1) is 17.1. The van der Waals surface area contributed by atoms with Crippen LogP contribution in [0.3, 0.4) is 0 Å². The minimum absolute atomic E-state index is 0.137. The van der Waals surface area contributed by atoms with Crippen LogP contribution in [-0.2, 0) is 4.79 Å². The smallest absolute Gasteiger partial charge is 0.337 e. The van der Waals surface area contributed by atoms with Crippen LogP contribution >= 0.6 is 23.4 Å². The first-order valence-electron chi connectivity index (χ1n) is 11.7. The van der Waals surface area contributed by atoms with Crippen molar-refractivity contribution in [3.8, 4) is 22.9 Å². The van der Waals surface area contributed by atoms with Gasteiger partial charge in [0.05, 0.1) is 35.3 Å². The molecule has 0 aliphatic heterocycles. The molecule has 1 aliphatic rings. The van der Waals surface area contributed by atoms with E-state index in [-0.39, 0.29) is 23.2 Å². The van der Waals surface area contributed by atoms with Gasteiger partial charge in [-0.1, -0.05) is 35.9 Å². The molecule has 1 saturated carbocycles. The molecule has 0 spiro atoms. The maximum Gasteiger partial charge on any atom is 0.337 e. The Morgan fingerprint density at radius 1 is 1.29 bits per heavy atom. The van der Waals surface area contributed by atoms with Crippen molar-refractivity contribution in [1.29, 1.82) is 0 Å². The minimum atomic E-state index is -0.286. The van der Waals surface area contributed by atoms with Gasteiger partial charge in [-0.15, -0.1) is 5.10 Å². The van der Waals surface area contributed by atoms with E-state index in [1.807, 2.05) is 31.2 Å². The topological polar surface area (TPSA) is 106 Å². The SMILES string of the molecule is CCOc1cccc(/C=N/NC(=O)CSc2n[nH]c(-c3ccc(Cl)cc3)[n+]2C2CCCCC2)c1[O-]. The molecule has 1 aliphatic carbocycles. The number of para-hydroxylation sites is 1. The van der Waals surface area contributed by atoms with Gasteiger partial charge in [0, 0.05) is 5.02 Å². The molecule has 1 heterocycles. The number of benzene rings is 2. The van der Waals surface area contributed by atoms with Crippen LogP contribution in [0.25, 0.3) is 11.4 Å². The average molecular weight is 514 g/mol. The number of amides is 1. The molecular weight excluding hydrogens is 486 g/mol. The highest BCUT2D eigenvalue weighted by atomic mass is 35.5. The molecule has 1 aromatic heterocycles. The fourth-order valence-corrected chi connectivity index (χ4v) is 5.08. The molecule has 4 rings (SSSR count). The second kappa shape index (κ2) is 12.1. The lowest BCUT2D eigenvalue weighted by atomic mass is 9.95. The molecule has 0 radical (unpaired) electrons. The van der Waals surface area contributed by atoms with E-state index in [4.69, 9.17) is 16.3 Å². The maximum atomic E-state index is 12.5. The van der Waals surface area contributed by atoms with Gasteiger partial charge in [0.2, 0.25) is 0 Å². The summed E-state index contributed by atoms with van der Waals surface area (Å²) in [6.07, 6.45) is 7.08. The molecule has 2 N–H and O–H groups in total. The van der Waals surface area contributed by atoms with Crippen molar-refractivity contribution >= 4 is 35.5 Å². The molecular formula is C25H28ClN5O3S. The molecule has 35 heavy (non-hydrogen) atoms. The Bertz CT molecular complexity index is 1180. The van der Waals surface area contributed by atoms with Crippen LogP contribution < -0.4 is 19.8 Å². The number of ether oxygens (including phenoxy) is 1. The van der Waals surface area contributed by atoms with Gasteiger partial charge in [0.1, 0.15) is 5.75 Å². The first-order valence-corrected chi connectivity index (χ1v) is 13.1. The Hall–Kier alpha value is -3.04. The number of hydrogen-bond acceptors (Lipinski definition) is 6. The summed E-state index contributed by atoms with van der Waals surface area (Å²) in [6, 6.07) is 12.9. The number of hydrazone groups is 1. The normalized spacial score (nSPS) is 14.3. The Morgan fingerprint density at radius 2 is 2.06 bits per heavy atom. The summed E-state index contributed by atoms with van der Waals surface area (Å²) in [5.74, 6) is 0.762. The molecule has 8 nitrogen and oxygen atoms in total. The lowest BCUT2D eigenvalue weighted by molar-refractivity contribution is -0.749. The molecule has 0 bridgehead atoms. The second-order valence-electron chi connectivity index (χ2n) is 8.21. The van der Waals surface area contributed by atoms with Gasteiger partial charge in [-0.2, -0.15) is 5.10 Å². The van der Waals surface area contributed by atoms with Crippen molar-refractivity contribution in [1.82, 2.24) is 15.6 Å². The Balaban J connectivity index is 1.43. The summed E-state index contributed by atoms with van der Waals surface area (Å²) in [5, 5.41) is 25.4. The maximum absolute atomic E-state index is 12.5. The standard InChI is InChI=1S/C25H28ClN5O3S/c1-2-34-21-10-6-7-18(23(21)33)15-27-28-22(32)16-35-25-30-29-24(17-11-13-19(26)14-12-17)31(25)20-8-4-3-5-9-20/h6-7,10-15,20H,2-5,8-9,16H2,1H3,(H2,27,28,32,33). The van der Waals surface area contributed by atoms with Gasteiger partial charge in [-0.3, -0.25) is 4.79 Å². The second-order valence-corrected chi connectivity index (χ2v) is 9.59. The summed E-state index contributed by atoms with van der Waals surface area (Å²) >= 11 is 7.43. The summed E-state index contributed by atoms with van der Waals surface area (Å²) in [7, 11) is 0. The van der Waals surface area contributed by atoms with Crippen LogP contribution in [0, 0.1) is 0 Å². The van der Waals surface area contributed by atoms with Gasteiger partial charge in [-0.25, -0.2) is 9.99 Å². The van der Waals surface area contributed by atoms with E-state index in [0.29, 0.717) is 23.2 Å². The minimum Gasteiger partial charge on any atom is -0.870 e. The zero-order valence-electron chi connectivity index (χ0n) is 19.5. The largest absolute Gasteiger partial charge is 0.870 e. The molecule has 1 amide bonds. The van der Waals surface area contributed by atoms with Gasteiger partial charge in [0.25, 0.3) is 11.7 Å². The van der Waals surface area contributed by atoms with Gasteiger partial charge >= 0.3 is 5.16 Å². The molecule has 0 atom stereocenters. The lowest BCUT2D eigenvalue weighted by Gasteiger charge is -2.21. The number of nitrogens with one attached hydrogen (secondary N) is 2. The molecule has 0 saturated heterocycles. The van der Waals surface area contributed by atoms with E-state index in [1.54, 1.807) is 18.2 Å². The van der Waals surface area contributed by atoms with E-state index in [0.717, 1.165) is 29.4 Å². The van der Waals surface area contributed by atoms with Crippen LogP contribution in [0.5, 0.6) is 11.5 Å². The molecule has 184 valence electrons. The van der Waals surface area contributed by atoms with E-state index >= 15 is 0 Å². The van der Waals surface area contributed by atoms with E-state index in [2.05, 4.69) is 25.3 Å². The average Bonchev–Trinajstić information content (AvgIpc) is 3.30. The summed E-state index contributed by atoms with van der Waals surface area (Å²) < 4.78 is 7.52. The molecule has 2 aromatic carbocycles. The Kier molecular flexibility index (Phi) is 8.65. The predicted molar refractivity (Wildman–Crippen MR) is 135 cm³/mol. The monoisotopic (exact) mass is 513 g/mol. The number of aromatic nitrogens is 3. The number of thioether (sulfide) groups is 1. The molecule has 3 aromatic rings. The van der Waals surface area contributed by atoms with Crippen LogP contribution in [0.2, 0.25) is 5.02 Å². The van der Waals surface area contributed by atoms with Crippen LogP contribution in [0.1, 0.15) is 50.6 Å². The van der Waals surface area contributed by atoms with E-state index in [9.17, 15) is 9.90 Å². The molecule has 0 unspecified atom stereocenters. The highest BCUT2D eigenvalue weighted by molar-refractivity contribution is 7.99. The van der Waals surface area contributed by atoms with Gasteiger partial charge in [-0.05, 0) is 80.3 Å². The molecule has 1 fully saturated rings. The quantitative estimate of drug-likeness (QED) is 0.193. The third kappa shape index (κ3) is 6.35. The summed E-state index contributed by atoms with van der Waals surface area (Å²) in [6.45, 7) is 2.21. The predicted octanol–water partition coefficient (Wildman–Crippen LogP) is 4.24. The van der Waals surface area contributed by atoms with Crippen LogP contribution in [0.15, 0.2) is 52.7 Å². The first kappa shape index (κ1) is 25.1. The number of carbonyl (C=O) groups is 1. The number of aromatic amines is 1. The number of halogens is 1. The van der Waals surface area contributed by atoms with Gasteiger partial charge < -0.3 is 9.84 Å².